The lowest BCUT2D eigenvalue weighted by atomic mass is 10.0. The SMILES string of the molecule is COc1cc(OC)cc(C(NN)c2ccnnc2)c1. The Hall–Kier alpha value is -2.18. The van der Waals surface area contributed by atoms with Crippen LogP contribution in [0.1, 0.15) is 17.2 Å². The number of benzene rings is 1. The molecule has 3 N–H and O–H groups in total. The summed E-state index contributed by atoms with van der Waals surface area (Å²) in [6.45, 7) is 0. The van der Waals surface area contributed by atoms with Gasteiger partial charge >= 0.3 is 0 Å². The summed E-state index contributed by atoms with van der Waals surface area (Å²) in [6.07, 6.45) is 3.29. The number of methoxy groups -OCH3 is 2. The van der Waals surface area contributed by atoms with Gasteiger partial charge in [0.1, 0.15) is 11.5 Å². The van der Waals surface area contributed by atoms with Crippen LogP contribution in [0.3, 0.4) is 0 Å². The molecule has 0 amide bonds. The Balaban J connectivity index is 2.43. The number of nitrogens with zero attached hydrogens (tertiary/aromatic N) is 2. The van der Waals surface area contributed by atoms with Gasteiger partial charge in [-0.2, -0.15) is 10.2 Å². The van der Waals surface area contributed by atoms with E-state index < -0.39 is 0 Å². The van der Waals surface area contributed by atoms with Gasteiger partial charge in [0.2, 0.25) is 0 Å². The van der Waals surface area contributed by atoms with Crippen LogP contribution < -0.4 is 20.7 Å². The van der Waals surface area contributed by atoms with Gasteiger partial charge in [0.25, 0.3) is 0 Å². The van der Waals surface area contributed by atoms with Crippen molar-refractivity contribution < 1.29 is 9.47 Å². The highest BCUT2D eigenvalue weighted by molar-refractivity contribution is 5.42. The van der Waals surface area contributed by atoms with E-state index >= 15 is 0 Å². The molecule has 1 heterocycles. The molecule has 2 rings (SSSR count). The van der Waals surface area contributed by atoms with Crippen molar-refractivity contribution in [1.82, 2.24) is 15.6 Å². The van der Waals surface area contributed by atoms with E-state index in [0.717, 1.165) is 11.1 Å². The van der Waals surface area contributed by atoms with Crippen molar-refractivity contribution in [3.8, 4) is 11.5 Å². The van der Waals surface area contributed by atoms with Crippen LogP contribution in [0.5, 0.6) is 11.5 Å². The first-order chi connectivity index (χ1) is 9.28. The lowest BCUT2D eigenvalue weighted by molar-refractivity contribution is 0.392. The molecule has 0 fully saturated rings. The minimum atomic E-state index is -0.209. The van der Waals surface area contributed by atoms with Crippen LogP contribution in [0.4, 0.5) is 0 Å². The van der Waals surface area contributed by atoms with Crippen molar-refractivity contribution in [2.24, 2.45) is 5.84 Å². The van der Waals surface area contributed by atoms with Crippen LogP contribution in [-0.2, 0) is 0 Å². The van der Waals surface area contributed by atoms with Gasteiger partial charge < -0.3 is 9.47 Å². The van der Waals surface area contributed by atoms with Gasteiger partial charge in [0.15, 0.2) is 0 Å². The highest BCUT2D eigenvalue weighted by Gasteiger charge is 2.15. The number of ether oxygens (including phenoxy) is 2. The minimum Gasteiger partial charge on any atom is -0.497 e. The van der Waals surface area contributed by atoms with E-state index in [0.29, 0.717) is 11.5 Å². The summed E-state index contributed by atoms with van der Waals surface area (Å²) in [5, 5.41) is 7.61. The predicted octanol–water partition coefficient (Wildman–Crippen LogP) is 1.05. The predicted molar refractivity (Wildman–Crippen MR) is 70.7 cm³/mol. The molecule has 19 heavy (non-hydrogen) atoms. The van der Waals surface area contributed by atoms with E-state index in [1.54, 1.807) is 26.6 Å². The first kappa shape index (κ1) is 13.3. The Morgan fingerprint density at radius 1 is 1.05 bits per heavy atom. The molecule has 0 spiro atoms. The molecular weight excluding hydrogens is 244 g/mol. The average Bonchev–Trinajstić information content (AvgIpc) is 2.48. The average molecular weight is 260 g/mol. The molecule has 6 heteroatoms. The van der Waals surface area contributed by atoms with E-state index in [2.05, 4.69) is 15.6 Å². The third-order valence-corrected chi connectivity index (χ3v) is 2.81. The van der Waals surface area contributed by atoms with Crippen LogP contribution in [0, 0.1) is 0 Å². The van der Waals surface area contributed by atoms with Gasteiger partial charge in [-0.1, -0.05) is 0 Å². The second kappa shape index (κ2) is 6.12. The summed E-state index contributed by atoms with van der Waals surface area (Å²) < 4.78 is 10.5. The van der Waals surface area contributed by atoms with Gasteiger partial charge in [-0.15, -0.1) is 0 Å². The third kappa shape index (κ3) is 2.98. The van der Waals surface area contributed by atoms with Crippen LogP contribution >= 0.6 is 0 Å². The van der Waals surface area contributed by atoms with Gasteiger partial charge in [-0.25, -0.2) is 5.43 Å². The molecule has 1 aromatic heterocycles. The standard InChI is InChI=1S/C13H16N4O2/c1-18-11-5-10(6-12(7-11)19-2)13(17-14)9-3-4-15-16-8-9/h3-8,13,17H,14H2,1-2H3. The van der Waals surface area contributed by atoms with Crippen molar-refractivity contribution in [3.63, 3.8) is 0 Å². The molecule has 100 valence electrons. The smallest absolute Gasteiger partial charge is 0.122 e. The molecule has 0 aliphatic heterocycles. The summed E-state index contributed by atoms with van der Waals surface area (Å²) in [6, 6.07) is 7.24. The molecule has 0 saturated heterocycles. The number of hydrazine groups is 1. The van der Waals surface area contributed by atoms with Crippen molar-refractivity contribution in [2.45, 2.75) is 6.04 Å². The highest BCUT2D eigenvalue weighted by Crippen LogP contribution is 2.29. The zero-order valence-electron chi connectivity index (χ0n) is 10.8. The number of nitrogens with two attached hydrogens (primary N) is 1. The molecule has 1 unspecified atom stereocenters. The van der Waals surface area contributed by atoms with Gasteiger partial charge in [0.05, 0.1) is 26.5 Å². The van der Waals surface area contributed by atoms with Crippen LogP contribution in [-0.4, -0.2) is 24.4 Å². The molecule has 1 aromatic carbocycles. The third-order valence-electron chi connectivity index (χ3n) is 2.81. The summed E-state index contributed by atoms with van der Waals surface area (Å²) >= 11 is 0. The van der Waals surface area contributed by atoms with Gasteiger partial charge in [-0.3, -0.25) is 5.84 Å². The second-order valence-electron chi connectivity index (χ2n) is 3.92. The highest BCUT2D eigenvalue weighted by atomic mass is 16.5. The summed E-state index contributed by atoms with van der Waals surface area (Å²) in [7, 11) is 3.22. The molecule has 1 atom stereocenters. The maximum atomic E-state index is 5.64. The Bertz CT molecular complexity index is 511. The zero-order chi connectivity index (χ0) is 13.7. The molecule has 0 aliphatic rings. The lowest BCUT2D eigenvalue weighted by Gasteiger charge is -2.18. The Morgan fingerprint density at radius 3 is 2.21 bits per heavy atom. The second-order valence-corrected chi connectivity index (χ2v) is 3.92. The zero-order valence-corrected chi connectivity index (χ0v) is 10.8. The van der Waals surface area contributed by atoms with Gasteiger partial charge in [0, 0.05) is 12.3 Å². The number of aromatic nitrogens is 2. The Labute approximate surface area is 111 Å². The van der Waals surface area contributed by atoms with E-state index in [1.807, 2.05) is 24.3 Å². The fraction of sp³-hybridized carbons (Fsp3) is 0.231. The summed E-state index contributed by atoms with van der Waals surface area (Å²) in [5.74, 6) is 7.05. The minimum absolute atomic E-state index is 0.209. The quantitative estimate of drug-likeness (QED) is 0.617. The maximum Gasteiger partial charge on any atom is 0.122 e. The van der Waals surface area contributed by atoms with Crippen molar-refractivity contribution >= 4 is 0 Å². The van der Waals surface area contributed by atoms with Crippen LogP contribution in [0.25, 0.3) is 0 Å². The summed E-state index contributed by atoms with van der Waals surface area (Å²) in [5.41, 5.74) is 4.59. The molecule has 0 radical (unpaired) electrons. The monoisotopic (exact) mass is 260 g/mol. The fourth-order valence-corrected chi connectivity index (χ4v) is 1.85. The van der Waals surface area contributed by atoms with Crippen molar-refractivity contribution in [2.75, 3.05) is 14.2 Å². The molecule has 2 aromatic rings. The van der Waals surface area contributed by atoms with Gasteiger partial charge in [-0.05, 0) is 29.3 Å². The number of hydrogen-bond donors (Lipinski definition) is 2. The molecule has 0 bridgehead atoms. The maximum absolute atomic E-state index is 5.64. The molecule has 6 nitrogen and oxygen atoms in total. The molecule has 0 aliphatic carbocycles. The van der Waals surface area contributed by atoms with E-state index in [-0.39, 0.29) is 6.04 Å². The first-order valence-corrected chi connectivity index (χ1v) is 5.74. The molecule has 0 saturated carbocycles. The Morgan fingerprint density at radius 2 is 1.74 bits per heavy atom. The van der Waals surface area contributed by atoms with E-state index in [1.165, 1.54) is 0 Å². The molecular formula is C13H16N4O2. The van der Waals surface area contributed by atoms with E-state index in [9.17, 15) is 0 Å². The normalized spacial score (nSPS) is 11.9. The largest absolute Gasteiger partial charge is 0.497 e. The first-order valence-electron chi connectivity index (χ1n) is 5.74. The summed E-state index contributed by atoms with van der Waals surface area (Å²) in [4.78, 5) is 0. The fourth-order valence-electron chi connectivity index (χ4n) is 1.85. The number of rotatable bonds is 5. The topological polar surface area (TPSA) is 82.3 Å². The van der Waals surface area contributed by atoms with E-state index in [4.69, 9.17) is 15.3 Å². The number of hydrogen-bond acceptors (Lipinski definition) is 6. The lowest BCUT2D eigenvalue weighted by Crippen LogP contribution is -2.29. The van der Waals surface area contributed by atoms with Crippen LogP contribution in [0.2, 0.25) is 0 Å². The van der Waals surface area contributed by atoms with Crippen molar-refractivity contribution in [3.05, 3.63) is 47.8 Å². The number of nitrogens with one attached hydrogen (secondary N) is 1. The van der Waals surface area contributed by atoms with Crippen LogP contribution in [0.15, 0.2) is 36.7 Å². The Kier molecular flexibility index (Phi) is 4.27. The van der Waals surface area contributed by atoms with Crippen molar-refractivity contribution in [1.29, 1.82) is 0 Å².